The van der Waals surface area contributed by atoms with Gasteiger partial charge in [0.15, 0.2) is 5.11 Å². The number of hydrogen-bond acceptors (Lipinski definition) is 1. The molecule has 94 valence electrons. The van der Waals surface area contributed by atoms with Crippen LogP contribution in [0.4, 0.5) is 5.69 Å². The fourth-order valence-corrected chi connectivity index (χ4v) is 2.02. The van der Waals surface area contributed by atoms with Crippen molar-refractivity contribution in [1.29, 1.82) is 0 Å². The molecule has 2 nitrogen and oxygen atoms in total. The summed E-state index contributed by atoms with van der Waals surface area (Å²) in [4.78, 5) is 0. The lowest BCUT2D eigenvalue weighted by atomic mass is 10.0. The van der Waals surface area contributed by atoms with Crippen molar-refractivity contribution in [3.05, 3.63) is 29.8 Å². The Kier molecular flexibility index (Phi) is 4.52. The maximum absolute atomic E-state index is 5.31. The molecule has 0 bridgehead atoms. The number of benzene rings is 1. The van der Waals surface area contributed by atoms with E-state index in [-0.39, 0.29) is 5.54 Å². The summed E-state index contributed by atoms with van der Waals surface area (Å²) in [5, 5.41) is 7.19. The van der Waals surface area contributed by atoms with Gasteiger partial charge in [0.1, 0.15) is 0 Å². The maximum atomic E-state index is 5.31. The van der Waals surface area contributed by atoms with Gasteiger partial charge in [0, 0.05) is 11.2 Å². The molecule has 0 spiro atoms. The lowest BCUT2D eigenvalue weighted by Crippen LogP contribution is -2.43. The highest BCUT2D eigenvalue weighted by atomic mass is 32.1. The predicted molar refractivity (Wildman–Crippen MR) is 79.6 cm³/mol. The molecule has 0 saturated heterocycles. The molecule has 2 N–H and O–H groups in total. The molecule has 0 radical (unpaired) electrons. The molecule has 0 unspecified atom stereocenters. The number of para-hydroxylation sites is 1. The predicted octanol–water partition coefficient (Wildman–Crippen LogP) is 3.89. The van der Waals surface area contributed by atoms with Crippen LogP contribution in [-0.4, -0.2) is 10.7 Å². The first-order chi connectivity index (χ1) is 7.79. The summed E-state index contributed by atoms with van der Waals surface area (Å²) in [5.41, 5.74) is 2.35. The molecule has 0 heterocycles. The summed E-state index contributed by atoms with van der Waals surface area (Å²) in [6, 6.07) is 8.27. The molecule has 0 aliphatic carbocycles. The van der Waals surface area contributed by atoms with E-state index in [9.17, 15) is 0 Å². The van der Waals surface area contributed by atoms with Crippen LogP contribution >= 0.6 is 12.2 Å². The van der Waals surface area contributed by atoms with E-state index in [0.717, 1.165) is 5.69 Å². The lowest BCUT2D eigenvalue weighted by molar-refractivity contribution is 0.515. The molecule has 0 atom stereocenters. The highest BCUT2D eigenvalue weighted by molar-refractivity contribution is 7.80. The Labute approximate surface area is 110 Å². The van der Waals surface area contributed by atoms with Gasteiger partial charge in [0.05, 0.1) is 0 Å². The molecular weight excluding hydrogens is 228 g/mol. The highest BCUT2D eigenvalue weighted by Crippen LogP contribution is 2.23. The van der Waals surface area contributed by atoms with Crippen LogP contribution in [0.25, 0.3) is 0 Å². The van der Waals surface area contributed by atoms with Gasteiger partial charge < -0.3 is 10.6 Å². The smallest absolute Gasteiger partial charge is 0.171 e. The molecule has 0 aliphatic heterocycles. The molecule has 17 heavy (non-hydrogen) atoms. The first-order valence-electron chi connectivity index (χ1n) is 5.97. The fraction of sp³-hybridized carbons (Fsp3) is 0.500. The monoisotopic (exact) mass is 250 g/mol. The third-order valence-corrected chi connectivity index (χ3v) is 2.52. The zero-order valence-electron chi connectivity index (χ0n) is 11.3. The van der Waals surface area contributed by atoms with Crippen LogP contribution in [0.5, 0.6) is 0 Å². The van der Waals surface area contributed by atoms with Gasteiger partial charge in [0.25, 0.3) is 0 Å². The lowest BCUT2D eigenvalue weighted by Gasteiger charge is -2.24. The molecule has 1 rings (SSSR count). The highest BCUT2D eigenvalue weighted by Gasteiger charge is 2.12. The van der Waals surface area contributed by atoms with Crippen LogP contribution in [-0.2, 0) is 0 Å². The Bertz CT molecular complexity index is 391. The number of thiocarbonyl (C=S) groups is 1. The second kappa shape index (κ2) is 5.50. The van der Waals surface area contributed by atoms with Crippen molar-refractivity contribution in [1.82, 2.24) is 5.32 Å². The summed E-state index contributed by atoms with van der Waals surface area (Å²) in [5.74, 6) is 0.483. The Hall–Kier alpha value is -1.09. The van der Waals surface area contributed by atoms with Crippen molar-refractivity contribution < 1.29 is 0 Å². The van der Waals surface area contributed by atoms with Crippen LogP contribution in [0.15, 0.2) is 24.3 Å². The third kappa shape index (κ3) is 4.73. The summed E-state index contributed by atoms with van der Waals surface area (Å²) in [6.45, 7) is 10.6. The van der Waals surface area contributed by atoms with Crippen LogP contribution in [0.1, 0.15) is 46.1 Å². The quantitative estimate of drug-likeness (QED) is 0.779. The van der Waals surface area contributed by atoms with E-state index >= 15 is 0 Å². The molecule has 0 fully saturated rings. The van der Waals surface area contributed by atoms with Crippen molar-refractivity contribution in [2.45, 2.75) is 46.1 Å². The number of rotatable bonds is 2. The summed E-state index contributed by atoms with van der Waals surface area (Å²) < 4.78 is 0. The van der Waals surface area contributed by atoms with Gasteiger partial charge in [-0.3, -0.25) is 0 Å². The summed E-state index contributed by atoms with van der Waals surface area (Å²) >= 11 is 5.31. The molecule has 0 saturated carbocycles. The van der Waals surface area contributed by atoms with Crippen LogP contribution in [0.3, 0.4) is 0 Å². The van der Waals surface area contributed by atoms with Crippen molar-refractivity contribution in [2.24, 2.45) is 0 Å². The normalized spacial score (nSPS) is 11.4. The van der Waals surface area contributed by atoms with E-state index in [1.165, 1.54) is 5.56 Å². The third-order valence-electron chi connectivity index (χ3n) is 2.32. The van der Waals surface area contributed by atoms with E-state index in [1.807, 2.05) is 6.07 Å². The first kappa shape index (κ1) is 14.0. The van der Waals surface area contributed by atoms with Crippen molar-refractivity contribution in [3.8, 4) is 0 Å². The minimum Gasteiger partial charge on any atom is -0.358 e. The summed E-state index contributed by atoms with van der Waals surface area (Å²) in [6.07, 6.45) is 0. The second-order valence-corrected chi connectivity index (χ2v) is 5.98. The average molecular weight is 250 g/mol. The minimum atomic E-state index is -0.0170. The second-order valence-electron chi connectivity index (χ2n) is 5.57. The number of anilines is 1. The van der Waals surface area contributed by atoms with Crippen molar-refractivity contribution in [3.63, 3.8) is 0 Å². The van der Waals surface area contributed by atoms with Gasteiger partial charge in [-0.05, 0) is 50.5 Å². The zero-order chi connectivity index (χ0) is 13.1. The fourth-order valence-electron chi connectivity index (χ4n) is 1.61. The van der Waals surface area contributed by atoms with Gasteiger partial charge in [-0.2, -0.15) is 0 Å². The van der Waals surface area contributed by atoms with Gasteiger partial charge in [-0.15, -0.1) is 0 Å². The molecule has 1 aromatic rings. The van der Waals surface area contributed by atoms with E-state index in [0.29, 0.717) is 11.0 Å². The van der Waals surface area contributed by atoms with Gasteiger partial charge in [-0.25, -0.2) is 0 Å². The average Bonchev–Trinajstić information content (AvgIpc) is 2.14. The Balaban J connectivity index is 2.78. The van der Waals surface area contributed by atoms with Crippen LogP contribution < -0.4 is 10.6 Å². The topological polar surface area (TPSA) is 24.1 Å². The van der Waals surface area contributed by atoms with Gasteiger partial charge in [0.2, 0.25) is 0 Å². The molecule has 1 aromatic carbocycles. The molecular formula is C14H22N2S. The molecule has 0 amide bonds. The minimum absolute atomic E-state index is 0.0170. The SMILES string of the molecule is CC(C)c1ccccc1NC(=S)NC(C)(C)C. The Morgan fingerprint density at radius 2 is 1.76 bits per heavy atom. The molecule has 0 aromatic heterocycles. The molecule has 3 heteroatoms. The van der Waals surface area contributed by atoms with Crippen LogP contribution in [0.2, 0.25) is 0 Å². The van der Waals surface area contributed by atoms with Crippen LogP contribution in [0, 0.1) is 0 Å². The number of hydrogen-bond donors (Lipinski definition) is 2. The van der Waals surface area contributed by atoms with E-state index in [2.05, 4.69) is 63.5 Å². The van der Waals surface area contributed by atoms with Crippen molar-refractivity contribution >= 4 is 23.0 Å². The van der Waals surface area contributed by atoms with Crippen molar-refractivity contribution in [2.75, 3.05) is 5.32 Å². The largest absolute Gasteiger partial charge is 0.358 e. The number of nitrogens with one attached hydrogen (secondary N) is 2. The van der Waals surface area contributed by atoms with E-state index in [4.69, 9.17) is 12.2 Å². The summed E-state index contributed by atoms with van der Waals surface area (Å²) in [7, 11) is 0. The van der Waals surface area contributed by atoms with E-state index < -0.39 is 0 Å². The Morgan fingerprint density at radius 1 is 1.18 bits per heavy atom. The van der Waals surface area contributed by atoms with Gasteiger partial charge in [-0.1, -0.05) is 32.0 Å². The standard InChI is InChI=1S/C14H22N2S/c1-10(2)11-8-6-7-9-12(11)15-13(17)16-14(3,4)5/h6-10H,1-5H3,(H2,15,16,17). The first-order valence-corrected chi connectivity index (χ1v) is 6.38. The maximum Gasteiger partial charge on any atom is 0.171 e. The Morgan fingerprint density at radius 3 is 2.29 bits per heavy atom. The van der Waals surface area contributed by atoms with Gasteiger partial charge >= 0.3 is 0 Å². The zero-order valence-corrected chi connectivity index (χ0v) is 12.1. The van der Waals surface area contributed by atoms with E-state index in [1.54, 1.807) is 0 Å². The molecule has 0 aliphatic rings.